The minimum atomic E-state index is -0.678. The molecule has 4 rings (SSSR count). The van der Waals surface area contributed by atoms with Crippen LogP contribution in [-0.4, -0.2) is 70.9 Å². The Bertz CT molecular complexity index is 740. The molecule has 0 radical (unpaired) electrons. The third-order valence-corrected chi connectivity index (χ3v) is 6.62. The first-order valence-corrected chi connectivity index (χ1v) is 11.5. The molecule has 0 spiro atoms. The zero-order valence-electron chi connectivity index (χ0n) is 17.9. The second-order valence-electron chi connectivity index (χ2n) is 8.94. The predicted octanol–water partition coefficient (Wildman–Crippen LogP) is 1.41. The molecule has 8 heteroatoms. The minimum absolute atomic E-state index is 0.0543. The number of aromatic nitrogens is 1. The summed E-state index contributed by atoms with van der Waals surface area (Å²) in [5.41, 5.74) is 1.00. The number of aliphatic hydroxyl groups is 1. The number of β-amino-alcohol motifs (C(OH)–C–C–N with tert-alkyl or cyclic N) is 1. The van der Waals surface area contributed by atoms with Crippen molar-refractivity contribution in [2.24, 2.45) is 5.92 Å². The van der Waals surface area contributed by atoms with E-state index in [1.54, 1.807) is 12.4 Å². The minimum Gasteiger partial charge on any atom is -0.389 e. The fourth-order valence-electron chi connectivity index (χ4n) is 4.98. The van der Waals surface area contributed by atoms with Crippen LogP contribution in [0.5, 0.6) is 0 Å². The third kappa shape index (κ3) is 5.81. The Balaban J connectivity index is 1.34. The molecule has 1 aromatic rings. The fraction of sp³-hybridized carbons (Fsp3) is 0.696. The maximum absolute atomic E-state index is 13.2. The standard InChI is InChI=1S/C23H33N3O5/c27-18-13-26(23(29)17-3-1-2-4-17)20-6-5-19(31-21(20)15-30-14-18)11-22(28)25-12-16-7-9-24-10-8-16/h7-10,17-21,27H,1-6,11-15H2,(H,25,28)/t18-,19+,20+,21-/m1/s1. The highest BCUT2D eigenvalue weighted by Crippen LogP contribution is 2.32. The molecule has 2 saturated heterocycles. The summed E-state index contributed by atoms with van der Waals surface area (Å²) in [4.78, 5) is 31.4. The van der Waals surface area contributed by atoms with E-state index in [-0.39, 0.29) is 55.6 Å². The van der Waals surface area contributed by atoms with Gasteiger partial charge < -0.3 is 24.8 Å². The largest absolute Gasteiger partial charge is 0.389 e. The molecule has 170 valence electrons. The molecule has 0 bridgehead atoms. The first-order valence-electron chi connectivity index (χ1n) is 11.5. The van der Waals surface area contributed by atoms with Crippen molar-refractivity contribution in [2.45, 2.75) is 75.8 Å². The maximum atomic E-state index is 13.2. The van der Waals surface area contributed by atoms with E-state index in [0.29, 0.717) is 19.6 Å². The highest BCUT2D eigenvalue weighted by Gasteiger charge is 2.41. The van der Waals surface area contributed by atoms with Crippen LogP contribution in [0.25, 0.3) is 0 Å². The van der Waals surface area contributed by atoms with E-state index in [1.165, 1.54) is 0 Å². The van der Waals surface area contributed by atoms with Gasteiger partial charge in [-0.1, -0.05) is 12.8 Å². The fourth-order valence-corrected chi connectivity index (χ4v) is 4.98. The van der Waals surface area contributed by atoms with Crippen molar-refractivity contribution in [2.75, 3.05) is 19.8 Å². The van der Waals surface area contributed by atoms with Crippen molar-refractivity contribution in [1.29, 1.82) is 0 Å². The smallest absolute Gasteiger partial charge is 0.226 e. The summed E-state index contributed by atoms with van der Waals surface area (Å²) in [6, 6.07) is 3.63. The number of pyridine rings is 1. The lowest BCUT2D eigenvalue weighted by Crippen LogP contribution is -2.58. The van der Waals surface area contributed by atoms with Crippen molar-refractivity contribution in [3.05, 3.63) is 30.1 Å². The Morgan fingerprint density at radius 2 is 1.90 bits per heavy atom. The van der Waals surface area contributed by atoms with Crippen LogP contribution in [0.1, 0.15) is 50.5 Å². The van der Waals surface area contributed by atoms with Gasteiger partial charge in [-0.05, 0) is 43.4 Å². The topological polar surface area (TPSA) is 101 Å². The van der Waals surface area contributed by atoms with Gasteiger partial charge in [-0.25, -0.2) is 0 Å². The number of nitrogens with zero attached hydrogens (tertiary/aromatic N) is 2. The Morgan fingerprint density at radius 3 is 2.68 bits per heavy atom. The lowest BCUT2D eigenvalue weighted by Gasteiger charge is -2.45. The number of fused-ring (bicyclic) bond motifs is 1. The summed E-state index contributed by atoms with van der Waals surface area (Å²) in [7, 11) is 0. The second-order valence-corrected chi connectivity index (χ2v) is 8.94. The van der Waals surface area contributed by atoms with Crippen LogP contribution in [-0.2, 0) is 25.6 Å². The molecule has 2 aliphatic heterocycles. The van der Waals surface area contributed by atoms with Gasteiger partial charge in [-0.3, -0.25) is 14.6 Å². The molecular formula is C23H33N3O5. The van der Waals surface area contributed by atoms with Gasteiger partial charge in [-0.15, -0.1) is 0 Å². The molecule has 3 heterocycles. The molecule has 31 heavy (non-hydrogen) atoms. The highest BCUT2D eigenvalue weighted by atomic mass is 16.5. The van der Waals surface area contributed by atoms with Gasteiger partial charge in [0, 0.05) is 31.4 Å². The predicted molar refractivity (Wildman–Crippen MR) is 113 cm³/mol. The lowest BCUT2D eigenvalue weighted by atomic mass is 9.93. The van der Waals surface area contributed by atoms with Gasteiger partial charge in [0.05, 0.1) is 37.9 Å². The molecule has 1 saturated carbocycles. The molecule has 4 atom stereocenters. The summed E-state index contributed by atoms with van der Waals surface area (Å²) in [5.74, 6) is 0.150. The summed E-state index contributed by atoms with van der Waals surface area (Å²) in [6.45, 7) is 1.27. The Hall–Kier alpha value is -2.03. The number of aliphatic hydroxyl groups excluding tert-OH is 1. The van der Waals surface area contributed by atoms with Crippen LogP contribution in [0, 0.1) is 5.92 Å². The Kier molecular flexibility index (Phi) is 7.53. The van der Waals surface area contributed by atoms with Crippen molar-refractivity contribution in [3.8, 4) is 0 Å². The Labute approximate surface area is 183 Å². The van der Waals surface area contributed by atoms with Crippen molar-refractivity contribution in [1.82, 2.24) is 15.2 Å². The van der Waals surface area contributed by atoms with E-state index < -0.39 is 6.10 Å². The monoisotopic (exact) mass is 431 g/mol. The van der Waals surface area contributed by atoms with Crippen LogP contribution in [0.4, 0.5) is 0 Å². The van der Waals surface area contributed by atoms with Gasteiger partial charge in [0.1, 0.15) is 6.10 Å². The number of carbonyl (C=O) groups is 2. The van der Waals surface area contributed by atoms with Gasteiger partial charge in [-0.2, -0.15) is 0 Å². The molecular weight excluding hydrogens is 398 g/mol. The maximum Gasteiger partial charge on any atom is 0.226 e. The number of amides is 2. The average Bonchev–Trinajstić information content (AvgIpc) is 3.31. The average molecular weight is 432 g/mol. The summed E-state index contributed by atoms with van der Waals surface area (Å²) in [5, 5.41) is 13.2. The van der Waals surface area contributed by atoms with Gasteiger partial charge in [0.15, 0.2) is 0 Å². The molecule has 2 N–H and O–H groups in total. The molecule has 1 aromatic heterocycles. The van der Waals surface area contributed by atoms with E-state index >= 15 is 0 Å². The van der Waals surface area contributed by atoms with Crippen LogP contribution >= 0.6 is 0 Å². The SMILES string of the molecule is O=C(C[C@@H]1CC[C@H]2[C@@H](COC[C@H](O)CN2C(=O)C2CCCC2)O1)NCc1ccncc1. The molecule has 3 aliphatic rings. The van der Waals surface area contributed by atoms with Crippen LogP contribution < -0.4 is 5.32 Å². The van der Waals surface area contributed by atoms with Crippen molar-refractivity contribution >= 4 is 11.8 Å². The number of hydrogen-bond donors (Lipinski definition) is 2. The van der Waals surface area contributed by atoms with Crippen LogP contribution in [0.15, 0.2) is 24.5 Å². The number of rotatable bonds is 5. The summed E-state index contributed by atoms with van der Waals surface area (Å²) < 4.78 is 11.9. The highest BCUT2D eigenvalue weighted by molar-refractivity contribution is 5.79. The quantitative estimate of drug-likeness (QED) is 0.731. The van der Waals surface area contributed by atoms with Gasteiger partial charge in [0.25, 0.3) is 0 Å². The zero-order valence-corrected chi connectivity index (χ0v) is 17.9. The van der Waals surface area contributed by atoms with Crippen LogP contribution in [0.2, 0.25) is 0 Å². The van der Waals surface area contributed by atoms with E-state index in [1.807, 2.05) is 17.0 Å². The normalized spacial score (nSPS) is 29.6. The van der Waals surface area contributed by atoms with E-state index in [9.17, 15) is 14.7 Å². The Morgan fingerprint density at radius 1 is 1.13 bits per heavy atom. The van der Waals surface area contributed by atoms with Crippen molar-refractivity contribution < 1.29 is 24.2 Å². The number of hydrogen-bond acceptors (Lipinski definition) is 6. The van der Waals surface area contributed by atoms with Crippen LogP contribution in [0.3, 0.4) is 0 Å². The molecule has 3 fully saturated rings. The van der Waals surface area contributed by atoms with E-state index in [4.69, 9.17) is 9.47 Å². The molecule has 2 amide bonds. The van der Waals surface area contributed by atoms with Gasteiger partial charge in [0.2, 0.25) is 11.8 Å². The number of ether oxygens (including phenoxy) is 2. The third-order valence-electron chi connectivity index (χ3n) is 6.62. The van der Waals surface area contributed by atoms with E-state index in [0.717, 1.165) is 37.7 Å². The molecule has 1 aliphatic carbocycles. The second kappa shape index (κ2) is 10.5. The lowest BCUT2D eigenvalue weighted by molar-refractivity contribution is -0.171. The zero-order chi connectivity index (χ0) is 21.6. The molecule has 0 aromatic carbocycles. The van der Waals surface area contributed by atoms with Crippen molar-refractivity contribution in [3.63, 3.8) is 0 Å². The summed E-state index contributed by atoms with van der Waals surface area (Å²) in [6.07, 6.45) is 8.05. The number of carbonyl (C=O) groups excluding carboxylic acids is 2. The number of nitrogens with one attached hydrogen (secondary N) is 1. The molecule has 8 nitrogen and oxygen atoms in total. The summed E-state index contributed by atoms with van der Waals surface area (Å²) >= 11 is 0. The first kappa shape index (κ1) is 22.2. The van der Waals surface area contributed by atoms with E-state index in [2.05, 4.69) is 10.3 Å². The van der Waals surface area contributed by atoms with Gasteiger partial charge >= 0.3 is 0 Å². The first-order chi connectivity index (χ1) is 15.1. The molecule has 0 unspecified atom stereocenters.